The molecule has 5 nitrogen and oxygen atoms in total. The van der Waals surface area contributed by atoms with Crippen LogP contribution < -0.4 is 11.2 Å². The van der Waals surface area contributed by atoms with Crippen LogP contribution in [0.3, 0.4) is 0 Å². The SMILES string of the molecule is CCC(N)[C@H](O)C1(c2ccccc2)N=CON1. The van der Waals surface area contributed by atoms with Gasteiger partial charge in [0.25, 0.3) is 0 Å². The number of nitrogens with two attached hydrogens (primary N) is 1. The zero-order valence-electron chi connectivity index (χ0n) is 9.71. The summed E-state index contributed by atoms with van der Waals surface area (Å²) < 4.78 is 0. The van der Waals surface area contributed by atoms with Gasteiger partial charge in [-0.1, -0.05) is 37.3 Å². The molecule has 2 rings (SSSR count). The van der Waals surface area contributed by atoms with Crippen LogP contribution in [0.15, 0.2) is 35.3 Å². The molecule has 1 aromatic carbocycles. The number of rotatable bonds is 4. The molecule has 0 amide bonds. The topological polar surface area (TPSA) is 79.9 Å². The first-order chi connectivity index (χ1) is 8.20. The molecule has 0 saturated heterocycles. The third-order valence-electron chi connectivity index (χ3n) is 3.04. The lowest BCUT2D eigenvalue weighted by atomic mass is 9.89. The summed E-state index contributed by atoms with van der Waals surface area (Å²) in [5, 5.41) is 10.3. The van der Waals surface area contributed by atoms with Crippen molar-refractivity contribution in [2.75, 3.05) is 0 Å². The Hall–Kier alpha value is -1.43. The molecule has 1 aliphatic rings. The first kappa shape index (κ1) is 12.0. The Kier molecular flexibility index (Phi) is 3.42. The summed E-state index contributed by atoms with van der Waals surface area (Å²) in [6.45, 7) is 1.92. The van der Waals surface area contributed by atoms with Gasteiger partial charge in [-0.2, -0.15) is 0 Å². The summed E-state index contributed by atoms with van der Waals surface area (Å²) in [5.41, 5.74) is 8.47. The van der Waals surface area contributed by atoms with E-state index in [0.29, 0.717) is 6.42 Å². The van der Waals surface area contributed by atoms with Crippen LogP contribution in [0, 0.1) is 0 Å². The van der Waals surface area contributed by atoms with Gasteiger partial charge in [-0.05, 0) is 12.0 Å². The second kappa shape index (κ2) is 4.83. The number of aliphatic hydroxyl groups excluding tert-OH is 1. The molecule has 17 heavy (non-hydrogen) atoms. The van der Waals surface area contributed by atoms with E-state index in [4.69, 9.17) is 10.6 Å². The molecule has 0 aromatic heterocycles. The smallest absolute Gasteiger partial charge is 0.198 e. The molecule has 0 radical (unpaired) electrons. The summed E-state index contributed by atoms with van der Waals surface area (Å²) in [5.74, 6) is 0. The van der Waals surface area contributed by atoms with E-state index in [-0.39, 0.29) is 6.04 Å². The zero-order chi connectivity index (χ0) is 12.3. The minimum Gasteiger partial charge on any atom is -0.394 e. The minimum atomic E-state index is -1.00. The number of nitrogens with zero attached hydrogens (tertiary/aromatic N) is 1. The first-order valence-corrected chi connectivity index (χ1v) is 5.66. The van der Waals surface area contributed by atoms with Crippen LogP contribution in [0.25, 0.3) is 0 Å². The average Bonchev–Trinajstić information content (AvgIpc) is 2.88. The van der Waals surface area contributed by atoms with Gasteiger partial charge in [-0.3, -0.25) is 0 Å². The maximum atomic E-state index is 10.3. The summed E-state index contributed by atoms with van der Waals surface area (Å²) in [6, 6.07) is 9.06. The number of aliphatic imine (C=N–C) groups is 1. The van der Waals surface area contributed by atoms with Gasteiger partial charge in [-0.15, -0.1) is 5.48 Å². The molecule has 5 heteroatoms. The summed E-state index contributed by atoms with van der Waals surface area (Å²) in [7, 11) is 0. The molecule has 4 N–H and O–H groups in total. The van der Waals surface area contributed by atoms with E-state index < -0.39 is 11.8 Å². The van der Waals surface area contributed by atoms with Gasteiger partial charge in [-0.25, -0.2) is 4.99 Å². The number of benzene rings is 1. The second-order valence-electron chi connectivity index (χ2n) is 4.10. The van der Waals surface area contributed by atoms with Crippen molar-refractivity contribution in [2.24, 2.45) is 10.7 Å². The highest BCUT2D eigenvalue weighted by Crippen LogP contribution is 2.30. The molecule has 1 aliphatic heterocycles. The van der Waals surface area contributed by atoms with Gasteiger partial charge in [0.2, 0.25) is 0 Å². The maximum absolute atomic E-state index is 10.3. The number of hydroxylamine groups is 1. The fourth-order valence-corrected chi connectivity index (χ4v) is 1.92. The van der Waals surface area contributed by atoms with Crippen LogP contribution >= 0.6 is 0 Å². The van der Waals surface area contributed by atoms with Gasteiger partial charge in [0.05, 0.1) is 0 Å². The van der Waals surface area contributed by atoms with E-state index in [0.717, 1.165) is 5.56 Å². The van der Waals surface area contributed by atoms with Crippen molar-refractivity contribution >= 4 is 6.40 Å². The molecule has 0 bridgehead atoms. The number of nitrogens with one attached hydrogen (secondary N) is 1. The van der Waals surface area contributed by atoms with Gasteiger partial charge >= 0.3 is 0 Å². The number of hydrogen-bond acceptors (Lipinski definition) is 5. The van der Waals surface area contributed by atoms with Crippen molar-refractivity contribution in [1.82, 2.24) is 5.48 Å². The first-order valence-electron chi connectivity index (χ1n) is 5.66. The average molecular weight is 235 g/mol. The van der Waals surface area contributed by atoms with Crippen molar-refractivity contribution in [2.45, 2.75) is 31.2 Å². The standard InChI is InChI=1S/C12H17N3O2/c1-2-10(13)11(16)12(14-8-17-15-12)9-6-4-3-5-7-9/h3-8,10-11,15-16H,2,13H2,1H3/t10?,11-,12?/m0/s1. The van der Waals surface area contributed by atoms with Crippen LogP contribution in [-0.4, -0.2) is 23.7 Å². The Bertz CT molecular complexity index is 396. The van der Waals surface area contributed by atoms with Crippen molar-refractivity contribution in [3.63, 3.8) is 0 Å². The largest absolute Gasteiger partial charge is 0.394 e. The zero-order valence-corrected chi connectivity index (χ0v) is 9.71. The van der Waals surface area contributed by atoms with Crippen LogP contribution in [0.2, 0.25) is 0 Å². The van der Waals surface area contributed by atoms with Gasteiger partial charge < -0.3 is 15.7 Å². The Morgan fingerprint density at radius 2 is 2.18 bits per heavy atom. The predicted octanol–water partition coefficient (Wildman–Crippen LogP) is 0.501. The lowest BCUT2D eigenvalue weighted by Gasteiger charge is -2.33. The third kappa shape index (κ3) is 2.04. The predicted molar refractivity (Wildman–Crippen MR) is 65.1 cm³/mol. The van der Waals surface area contributed by atoms with E-state index >= 15 is 0 Å². The fourth-order valence-electron chi connectivity index (χ4n) is 1.92. The number of hydrogen-bond donors (Lipinski definition) is 3. The van der Waals surface area contributed by atoms with Crippen molar-refractivity contribution in [3.05, 3.63) is 35.9 Å². The van der Waals surface area contributed by atoms with E-state index in [2.05, 4.69) is 10.5 Å². The monoisotopic (exact) mass is 235 g/mol. The van der Waals surface area contributed by atoms with Crippen molar-refractivity contribution in [3.8, 4) is 0 Å². The van der Waals surface area contributed by atoms with Crippen molar-refractivity contribution < 1.29 is 9.94 Å². The van der Waals surface area contributed by atoms with Crippen molar-refractivity contribution in [1.29, 1.82) is 0 Å². The van der Waals surface area contributed by atoms with E-state index in [1.165, 1.54) is 6.40 Å². The maximum Gasteiger partial charge on any atom is 0.198 e. The summed E-state index contributed by atoms with van der Waals surface area (Å²) in [4.78, 5) is 9.19. The van der Waals surface area contributed by atoms with E-state index in [1.807, 2.05) is 37.3 Å². The molecule has 92 valence electrons. The van der Waals surface area contributed by atoms with Crippen LogP contribution in [0.5, 0.6) is 0 Å². The lowest BCUT2D eigenvalue weighted by Crippen LogP contribution is -2.54. The molecule has 0 saturated carbocycles. The van der Waals surface area contributed by atoms with Crippen LogP contribution in [0.4, 0.5) is 0 Å². The summed E-state index contributed by atoms with van der Waals surface area (Å²) in [6.07, 6.45) is 1.10. The Morgan fingerprint density at radius 3 is 2.71 bits per heavy atom. The quantitative estimate of drug-likeness (QED) is 0.710. The van der Waals surface area contributed by atoms with Crippen LogP contribution in [0.1, 0.15) is 18.9 Å². The molecular formula is C12H17N3O2. The molecule has 1 heterocycles. The Labute approximate surface area is 100 Å². The molecule has 0 spiro atoms. The normalized spacial score (nSPS) is 26.5. The fraction of sp³-hybridized carbons (Fsp3) is 0.417. The Morgan fingerprint density at radius 1 is 1.47 bits per heavy atom. The lowest BCUT2D eigenvalue weighted by molar-refractivity contribution is -0.00850. The van der Waals surface area contributed by atoms with Crippen LogP contribution in [-0.2, 0) is 10.5 Å². The minimum absolute atomic E-state index is 0.374. The second-order valence-corrected chi connectivity index (χ2v) is 4.10. The highest BCUT2D eigenvalue weighted by Gasteiger charge is 2.45. The van der Waals surface area contributed by atoms with Gasteiger partial charge in [0.15, 0.2) is 12.1 Å². The highest BCUT2D eigenvalue weighted by atomic mass is 16.7. The molecule has 2 unspecified atom stereocenters. The number of aliphatic hydroxyl groups is 1. The molecular weight excluding hydrogens is 218 g/mol. The highest BCUT2D eigenvalue weighted by molar-refractivity contribution is 5.51. The Balaban J connectivity index is 2.37. The van der Waals surface area contributed by atoms with E-state index in [9.17, 15) is 5.11 Å². The molecule has 0 fully saturated rings. The molecule has 0 aliphatic carbocycles. The third-order valence-corrected chi connectivity index (χ3v) is 3.04. The van der Waals surface area contributed by atoms with Gasteiger partial charge in [0.1, 0.15) is 6.10 Å². The summed E-state index contributed by atoms with van der Waals surface area (Å²) >= 11 is 0. The van der Waals surface area contributed by atoms with E-state index in [1.54, 1.807) is 0 Å². The molecule has 3 atom stereocenters. The van der Waals surface area contributed by atoms with Gasteiger partial charge in [0, 0.05) is 6.04 Å². The molecule has 1 aromatic rings.